The van der Waals surface area contributed by atoms with Crippen LogP contribution in [0.4, 0.5) is 10.5 Å². The Kier molecular flexibility index (Phi) is 6.26. The normalized spacial score (nSPS) is 15.8. The average molecular weight is 419 g/mol. The Bertz CT molecular complexity index is 1030. The third-order valence-corrected chi connectivity index (χ3v) is 5.30. The van der Waals surface area contributed by atoms with Crippen LogP contribution in [0.5, 0.6) is 0 Å². The Hall–Kier alpha value is -3.68. The summed E-state index contributed by atoms with van der Waals surface area (Å²) >= 11 is 0. The third kappa shape index (κ3) is 5.28. The van der Waals surface area contributed by atoms with Gasteiger partial charge in [0.1, 0.15) is 0 Å². The van der Waals surface area contributed by atoms with Gasteiger partial charge in [-0.05, 0) is 29.7 Å². The number of carbonyl (C=O) groups excluding carboxylic acids is 2. The fraction of sp³-hybridized carbons (Fsp3) is 0.304. The molecule has 4 rings (SSSR count). The Morgan fingerprint density at radius 2 is 1.90 bits per heavy atom. The van der Waals surface area contributed by atoms with Crippen LogP contribution in [0.1, 0.15) is 42.1 Å². The molecule has 0 spiro atoms. The van der Waals surface area contributed by atoms with Crippen molar-refractivity contribution in [2.24, 2.45) is 0 Å². The summed E-state index contributed by atoms with van der Waals surface area (Å²) in [7, 11) is 0. The summed E-state index contributed by atoms with van der Waals surface area (Å²) in [4.78, 5) is 30.7. The number of anilines is 1. The predicted octanol–water partition coefficient (Wildman–Crippen LogP) is 3.47. The molecule has 8 heteroatoms. The summed E-state index contributed by atoms with van der Waals surface area (Å²) in [5.41, 5.74) is 3.01. The van der Waals surface area contributed by atoms with Crippen molar-refractivity contribution in [3.05, 3.63) is 77.4 Å². The number of urea groups is 1. The van der Waals surface area contributed by atoms with E-state index in [1.54, 1.807) is 0 Å². The molecular formula is C23H25N5O3. The van der Waals surface area contributed by atoms with Crippen molar-refractivity contribution in [2.75, 3.05) is 11.9 Å². The van der Waals surface area contributed by atoms with Gasteiger partial charge in [-0.1, -0.05) is 54.5 Å². The largest absolute Gasteiger partial charge is 0.338 e. The summed E-state index contributed by atoms with van der Waals surface area (Å²) in [6.07, 6.45) is 1.30. The quantitative estimate of drug-likeness (QED) is 0.611. The molecule has 0 saturated carbocycles. The van der Waals surface area contributed by atoms with Gasteiger partial charge in [0.25, 0.3) is 0 Å². The van der Waals surface area contributed by atoms with E-state index in [1.165, 1.54) is 5.56 Å². The first-order valence-corrected chi connectivity index (χ1v) is 10.4. The first-order chi connectivity index (χ1) is 15.1. The van der Waals surface area contributed by atoms with Crippen LogP contribution in [0.25, 0.3) is 0 Å². The van der Waals surface area contributed by atoms with E-state index in [9.17, 15) is 9.59 Å². The maximum Gasteiger partial charge on any atom is 0.319 e. The maximum atomic E-state index is 12.4. The molecule has 1 fully saturated rings. The lowest BCUT2D eigenvalue weighted by Gasteiger charge is -2.15. The highest BCUT2D eigenvalue weighted by Gasteiger charge is 2.33. The number of carbonyl (C=O) groups is 2. The van der Waals surface area contributed by atoms with Crippen molar-refractivity contribution in [1.82, 2.24) is 20.4 Å². The van der Waals surface area contributed by atoms with Crippen molar-refractivity contribution in [3.8, 4) is 0 Å². The smallest absolute Gasteiger partial charge is 0.319 e. The molecule has 0 radical (unpaired) electrons. The number of likely N-dealkylation sites (tertiary alicyclic amines) is 1. The number of aromatic nitrogens is 2. The molecular weight excluding hydrogens is 394 g/mol. The molecule has 0 bridgehead atoms. The molecule has 2 aromatic carbocycles. The Morgan fingerprint density at radius 3 is 2.65 bits per heavy atom. The lowest BCUT2D eigenvalue weighted by Crippen LogP contribution is -2.28. The third-order valence-electron chi connectivity index (χ3n) is 5.30. The van der Waals surface area contributed by atoms with Gasteiger partial charge in [0.15, 0.2) is 5.82 Å². The van der Waals surface area contributed by atoms with Crippen molar-refractivity contribution in [1.29, 1.82) is 0 Å². The van der Waals surface area contributed by atoms with E-state index in [-0.39, 0.29) is 24.4 Å². The van der Waals surface area contributed by atoms with E-state index in [0.29, 0.717) is 36.9 Å². The molecule has 31 heavy (non-hydrogen) atoms. The summed E-state index contributed by atoms with van der Waals surface area (Å²) < 4.78 is 5.26. The van der Waals surface area contributed by atoms with E-state index in [4.69, 9.17) is 4.52 Å². The second kappa shape index (κ2) is 9.42. The summed E-state index contributed by atoms with van der Waals surface area (Å²) in [6.45, 7) is 3.31. The zero-order valence-corrected chi connectivity index (χ0v) is 17.4. The standard InChI is InChI=1S/C23H25N5O3/c1-2-16-8-10-19(11-9-16)25-23(30)24-13-20-26-22(27-31-20)18-12-21(29)28(15-18)14-17-6-4-3-5-7-17/h3-11,18H,2,12-15H2,1H3,(H2,24,25,30)/t18-/m1/s1. The highest BCUT2D eigenvalue weighted by Crippen LogP contribution is 2.27. The van der Waals surface area contributed by atoms with E-state index >= 15 is 0 Å². The van der Waals surface area contributed by atoms with Gasteiger partial charge in [-0.25, -0.2) is 4.79 Å². The molecule has 1 aliphatic heterocycles. The van der Waals surface area contributed by atoms with E-state index in [2.05, 4.69) is 27.7 Å². The zero-order valence-electron chi connectivity index (χ0n) is 17.4. The van der Waals surface area contributed by atoms with Crippen molar-refractivity contribution < 1.29 is 14.1 Å². The van der Waals surface area contributed by atoms with Crippen LogP contribution in [-0.2, 0) is 24.3 Å². The number of hydrogen-bond donors (Lipinski definition) is 2. The van der Waals surface area contributed by atoms with Crippen LogP contribution in [0.15, 0.2) is 59.1 Å². The molecule has 1 aromatic heterocycles. The van der Waals surface area contributed by atoms with Crippen LogP contribution in [0.3, 0.4) is 0 Å². The highest BCUT2D eigenvalue weighted by atomic mass is 16.5. The van der Waals surface area contributed by atoms with Crippen molar-refractivity contribution >= 4 is 17.6 Å². The topological polar surface area (TPSA) is 100 Å². The van der Waals surface area contributed by atoms with E-state index in [0.717, 1.165) is 12.0 Å². The molecule has 0 unspecified atom stereocenters. The van der Waals surface area contributed by atoms with Gasteiger partial charge < -0.3 is 20.1 Å². The van der Waals surface area contributed by atoms with Crippen LogP contribution in [-0.4, -0.2) is 33.5 Å². The van der Waals surface area contributed by atoms with Crippen molar-refractivity contribution in [3.63, 3.8) is 0 Å². The summed E-state index contributed by atoms with van der Waals surface area (Å²) in [5, 5.41) is 9.49. The van der Waals surface area contributed by atoms with Crippen LogP contribution in [0, 0.1) is 0 Å². The molecule has 160 valence electrons. The van der Waals surface area contributed by atoms with Gasteiger partial charge in [0.2, 0.25) is 11.8 Å². The number of nitrogens with zero attached hydrogens (tertiary/aromatic N) is 3. The molecule has 2 heterocycles. The van der Waals surface area contributed by atoms with Crippen LogP contribution >= 0.6 is 0 Å². The highest BCUT2D eigenvalue weighted by molar-refractivity contribution is 5.89. The maximum absolute atomic E-state index is 12.4. The number of rotatable bonds is 7. The summed E-state index contributed by atoms with van der Waals surface area (Å²) in [5.74, 6) is 0.767. The number of benzene rings is 2. The second-order valence-electron chi connectivity index (χ2n) is 7.57. The minimum absolute atomic E-state index is 0.0757. The van der Waals surface area contributed by atoms with Crippen LogP contribution in [0.2, 0.25) is 0 Å². The fourth-order valence-corrected chi connectivity index (χ4v) is 3.56. The Balaban J connectivity index is 1.28. The van der Waals surface area contributed by atoms with Gasteiger partial charge in [0.05, 0.1) is 6.54 Å². The molecule has 3 aromatic rings. The second-order valence-corrected chi connectivity index (χ2v) is 7.57. The molecule has 1 aliphatic rings. The van der Waals surface area contributed by atoms with Gasteiger partial charge in [-0.15, -0.1) is 0 Å². The van der Waals surface area contributed by atoms with Gasteiger partial charge in [0, 0.05) is 31.1 Å². The number of hydrogen-bond acceptors (Lipinski definition) is 5. The SMILES string of the molecule is CCc1ccc(NC(=O)NCc2nc([C@@H]3CC(=O)N(Cc4ccccc4)C3)no2)cc1. The minimum atomic E-state index is -0.353. The van der Waals surface area contributed by atoms with Crippen LogP contribution < -0.4 is 10.6 Å². The predicted molar refractivity (Wildman–Crippen MR) is 115 cm³/mol. The number of amides is 3. The lowest BCUT2D eigenvalue weighted by atomic mass is 10.1. The Morgan fingerprint density at radius 1 is 1.13 bits per heavy atom. The van der Waals surface area contributed by atoms with Crippen molar-refractivity contribution in [2.45, 2.75) is 38.8 Å². The Labute approximate surface area is 180 Å². The van der Waals surface area contributed by atoms with Gasteiger partial charge in [-0.3, -0.25) is 4.79 Å². The fourth-order valence-electron chi connectivity index (χ4n) is 3.56. The molecule has 1 saturated heterocycles. The number of aryl methyl sites for hydroxylation is 1. The molecule has 1 atom stereocenters. The lowest BCUT2D eigenvalue weighted by molar-refractivity contribution is -0.128. The average Bonchev–Trinajstić information content (AvgIpc) is 3.40. The van der Waals surface area contributed by atoms with E-state index < -0.39 is 0 Å². The minimum Gasteiger partial charge on any atom is -0.338 e. The zero-order chi connectivity index (χ0) is 21.6. The van der Waals surface area contributed by atoms with Gasteiger partial charge in [-0.2, -0.15) is 4.98 Å². The first-order valence-electron chi connectivity index (χ1n) is 10.4. The van der Waals surface area contributed by atoms with Gasteiger partial charge >= 0.3 is 6.03 Å². The molecule has 8 nitrogen and oxygen atoms in total. The summed E-state index contributed by atoms with van der Waals surface area (Å²) in [6, 6.07) is 17.2. The monoisotopic (exact) mass is 419 g/mol. The molecule has 0 aliphatic carbocycles. The molecule has 2 N–H and O–H groups in total. The first kappa shape index (κ1) is 20.6. The van der Waals surface area contributed by atoms with E-state index in [1.807, 2.05) is 59.5 Å². The molecule has 3 amide bonds. The number of nitrogens with one attached hydrogen (secondary N) is 2.